The number of anilines is 1. The van der Waals surface area contributed by atoms with E-state index in [0.717, 1.165) is 5.57 Å². The number of benzene rings is 2. The maximum Gasteiger partial charge on any atom is 0.0483 e. The van der Waals surface area contributed by atoms with Gasteiger partial charge in [-0.25, -0.2) is 0 Å². The van der Waals surface area contributed by atoms with E-state index in [2.05, 4.69) is 109 Å². The van der Waals surface area contributed by atoms with Crippen LogP contribution in [0.1, 0.15) is 18.1 Å². The molecule has 0 aromatic heterocycles. The van der Waals surface area contributed by atoms with Gasteiger partial charge in [0.1, 0.15) is 0 Å². The number of fused-ring (bicyclic) bond motifs is 1. The second-order valence-electron chi connectivity index (χ2n) is 6.71. The Morgan fingerprint density at radius 3 is 2.46 bits per heavy atom. The van der Waals surface area contributed by atoms with Crippen molar-refractivity contribution in [1.82, 2.24) is 0 Å². The minimum Gasteiger partial charge on any atom is -0.351 e. The lowest BCUT2D eigenvalue weighted by atomic mass is 9.99. The normalized spacial score (nSPS) is 16.4. The molecule has 0 saturated carbocycles. The Kier molecular flexibility index (Phi) is 6.59. The molecule has 2 aromatic carbocycles. The van der Waals surface area contributed by atoms with E-state index in [4.69, 9.17) is 0 Å². The van der Waals surface area contributed by atoms with Crippen molar-refractivity contribution in [2.24, 2.45) is 4.99 Å². The van der Waals surface area contributed by atoms with E-state index in [1.807, 2.05) is 18.4 Å². The molecule has 3 rings (SSSR count). The van der Waals surface area contributed by atoms with E-state index in [1.54, 1.807) is 7.05 Å². The predicted octanol–water partition coefficient (Wildman–Crippen LogP) is 6.32. The molecule has 0 saturated heterocycles. The highest BCUT2D eigenvalue weighted by atomic mass is 15.1. The third kappa shape index (κ3) is 4.86. The van der Waals surface area contributed by atoms with Crippen LogP contribution in [0.15, 0.2) is 108 Å². The van der Waals surface area contributed by atoms with Gasteiger partial charge >= 0.3 is 0 Å². The molecule has 2 heteroatoms. The highest BCUT2D eigenvalue weighted by Crippen LogP contribution is 2.31. The Labute approximate surface area is 168 Å². The monoisotopic (exact) mass is 366 g/mol. The molecule has 1 aliphatic rings. The summed E-state index contributed by atoms with van der Waals surface area (Å²) in [5.74, 6) is 0. The summed E-state index contributed by atoms with van der Waals surface area (Å²) < 4.78 is 0. The van der Waals surface area contributed by atoms with Gasteiger partial charge in [0.25, 0.3) is 0 Å². The summed E-state index contributed by atoms with van der Waals surface area (Å²) in [5.41, 5.74) is 7.20. The number of allylic oxidation sites excluding steroid dienone is 9. The van der Waals surface area contributed by atoms with Crippen LogP contribution in [0, 0.1) is 0 Å². The molecule has 0 aliphatic carbocycles. The van der Waals surface area contributed by atoms with Gasteiger partial charge in [0.05, 0.1) is 0 Å². The fraction of sp³-hybridized carbons (Fsp3) is 0.115. The molecule has 2 nitrogen and oxygen atoms in total. The topological polar surface area (TPSA) is 15.6 Å². The van der Waals surface area contributed by atoms with Crippen molar-refractivity contribution >= 4 is 23.0 Å². The Morgan fingerprint density at radius 2 is 1.68 bits per heavy atom. The highest BCUT2D eigenvalue weighted by Gasteiger charge is 2.11. The predicted molar refractivity (Wildman–Crippen MR) is 124 cm³/mol. The first kappa shape index (κ1) is 19.4. The smallest absolute Gasteiger partial charge is 0.0483 e. The second-order valence-corrected chi connectivity index (χ2v) is 6.71. The van der Waals surface area contributed by atoms with Gasteiger partial charge in [-0.15, -0.1) is 0 Å². The Morgan fingerprint density at radius 1 is 0.929 bits per heavy atom. The van der Waals surface area contributed by atoms with E-state index >= 15 is 0 Å². The summed E-state index contributed by atoms with van der Waals surface area (Å²) in [7, 11) is 3.86. The quantitative estimate of drug-likeness (QED) is 0.446. The average Bonchev–Trinajstić information content (AvgIpc) is 2.74. The van der Waals surface area contributed by atoms with Gasteiger partial charge in [0.15, 0.2) is 0 Å². The molecule has 0 bridgehead atoms. The molecule has 0 radical (unpaired) electrons. The fourth-order valence-electron chi connectivity index (χ4n) is 3.06. The molecular formula is C26H26N2. The zero-order chi connectivity index (χ0) is 19.8. The van der Waals surface area contributed by atoms with Gasteiger partial charge in [-0.1, -0.05) is 78.4 Å². The first-order chi connectivity index (χ1) is 13.7. The number of rotatable bonds is 5. The van der Waals surface area contributed by atoms with E-state index in [0.29, 0.717) is 0 Å². The maximum absolute atomic E-state index is 4.08. The van der Waals surface area contributed by atoms with Gasteiger partial charge in [-0.2, -0.15) is 0 Å². The molecule has 28 heavy (non-hydrogen) atoms. The van der Waals surface area contributed by atoms with Crippen LogP contribution >= 0.6 is 0 Å². The third-order valence-electron chi connectivity index (χ3n) is 4.63. The highest BCUT2D eigenvalue weighted by molar-refractivity contribution is 5.89. The van der Waals surface area contributed by atoms with Crippen LogP contribution in [-0.4, -0.2) is 20.3 Å². The first-order valence-electron chi connectivity index (χ1n) is 9.44. The number of para-hydroxylation sites is 1. The van der Waals surface area contributed by atoms with Crippen LogP contribution in [-0.2, 0) is 0 Å². The minimum atomic E-state index is 1.14. The summed E-state index contributed by atoms with van der Waals surface area (Å²) in [6.07, 6.45) is 16.7. The summed E-state index contributed by atoms with van der Waals surface area (Å²) >= 11 is 0. The van der Waals surface area contributed by atoms with E-state index < -0.39 is 0 Å². The van der Waals surface area contributed by atoms with E-state index in [1.165, 1.54) is 28.0 Å². The van der Waals surface area contributed by atoms with Crippen molar-refractivity contribution in [3.63, 3.8) is 0 Å². The van der Waals surface area contributed by atoms with Crippen LogP contribution in [0.3, 0.4) is 0 Å². The maximum atomic E-state index is 4.08. The second kappa shape index (κ2) is 9.52. The molecule has 1 aliphatic heterocycles. The molecule has 0 fully saturated rings. The van der Waals surface area contributed by atoms with Gasteiger partial charge in [-0.3, -0.25) is 4.99 Å². The summed E-state index contributed by atoms with van der Waals surface area (Å²) in [6, 6.07) is 18.8. The standard InChI is InChI=1S/C26H26N2/c1-21(13-15-23(17-19-27-2)22-9-5-4-6-10-22)14-16-24-18-20-28(3)26-12-8-7-11-25(24)26/h4-20H,1-3H3/b15-13+,21-14+,23-17-,24-16-,27-19?. The average molecular weight is 367 g/mol. The van der Waals surface area contributed by atoms with Gasteiger partial charge in [0, 0.05) is 37.8 Å². The van der Waals surface area contributed by atoms with Crippen molar-refractivity contribution in [3.8, 4) is 0 Å². The number of hydrogen-bond acceptors (Lipinski definition) is 2. The van der Waals surface area contributed by atoms with Gasteiger partial charge < -0.3 is 4.90 Å². The Hall–Kier alpha value is -3.39. The fourth-order valence-corrected chi connectivity index (χ4v) is 3.06. The van der Waals surface area contributed by atoms with Crippen LogP contribution in [0.2, 0.25) is 0 Å². The SMILES string of the molecule is CN=C/C=C(/C=C/C(C)=C/C=C1/C=CN(C)c2ccccc21)c1ccccc1. The van der Waals surface area contributed by atoms with Crippen molar-refractivity contribution in [2.45, 2.75) is 6.92 Å². The number of hydrogen-bond donors (Lipinski definition) is 0. The largest absolute Gasteiger partial charge is 0.351 e. The Balaban J connectivity index is 1.83. The Bertz CT molecular complexity index is 986. The van der Waals surface area contributed by atoms with Crippen LogP contribution in [0.5, 0.6) is 0 Å². The number of nitrogens with zero attached hydrogens (tertiary/aromatic N) is 2. The van der Waals surface area contributed by atoms with Crippen LogP contribution < -0.4 is 4.90 Å². The van der Waals surface area contributed by atoms with Crippen LogP contribution in [0.4, 0.5) is 5.69 Å². The molecule has 0 amide bonds. The molecule has 0 N–H and O–H groups in total. The molecule has 140 valence electrons. The van der Waals surface area contributed by atoms with Crippen molar-refractivity contribution in [2.75, 3.05) is 19.0 Å². The van der Waals surface area contributed by atoms with Gasteiger partial charge in [-0.05, 0) is 41.9 Å². The molecule has 0 atom stereocenters. The minimum absolute atomic E-state index is 1.14. The molecule has 2 aromatic rings. The lowest BCUT2D eigenvalue weighted by molar-refractivity contribution is 1.18. The zero-order valence-electron chi connectivity index (χ0n) is 16.7. The summed E-state index contributed by atoms with van der Waals surface area (Å²) in [4.78, 5) is 6.23. The molecule has 0 unspecified atom stereocenters. The molecular weight excluding hydrogens is 340 g/mol. The lowest BCUT2D eigenvalue weighted by Gasteiger charge is -2.23. The van der Waals surface area contributed by atoms with Crippen LogP contribution in [0.25, 0.3) is 11.1 Å². The molecule has 1 heterocycles. The summed E-state index contributed by atoms with van der Waals surface area (Å²) in [5, 5.41) is 0. The van der Waals surface area contributed by atoms with E-state index in [9.17, 15) is 0 Å². The van der Waals surface area contributed by atoms with E-state index in [-0.39, 0.29) is 0 Å². The van der Waals surface area contributed by atoms with Crippen molar-refractivity contribution in [1.29, 1.82) is 0 Å². The molecule has 0 spiro atoms. The zero-order valence-corrected chi connectivity index (χ0v) is 16.7. The van der Waals surface area contributed by atoms with Crippen molar-refractivity contribution < 1.29 is 0 Å². The summed E-state index contributed by atoms with van der Waals surface area (Å²) in [6.45, 7) is 2.12. The lowest BCUT2D eigenvalue weighted by Crippen LogP contribution is -2.13. The first-order valence-corrected chi connectivity index (χ1v) is 9.44. The number of aliphatic imine (C=N–C) groups is 1. The van der Waals surface area contributed by atoms with Gasteiger partial charge in [0.2, 0.25) is 0 Å². The van der Waals surface area contributed by atoms with Crippen molar-refractivity contribution in [3.05, 3.63) is 114 Å². The third-order valence-corrected chi connectivity index (χ3v) is 4.63.